The lowest BCUT2D eigenvalue weighted by atomic mass is 10.3. The van der Waals surface area contributed by atoms with E-state index in [1.165, 1.54) is 13.1 Å². The first-order valence-corrected chi connectivity index (χ1v) is 5.66. The Morgan fingerprint density at radius 2 is 2.05 bits per heavy atom. The van der Waals surface area contributed by atoms with Gasteiger partial charge in [0, 0.05) is 31.0 Å². The van der Waals surface area contributed by atoms with Gasteiger partial charge in [0.2, 0.25) is 5.91 Å². The first kappa shape index (κ1) is 15.2. The number of carbonyl (C=O) groups is 3. The van der Waals surface area contributed by atoms with Crippen LogP contribution in [0.15, 0.2) is 36.4 Å². The van der Waals surface area contributed by atoms with Crippen LogP contribution in [0.2, 0.25) is 0 Å². The number of carbonyl (C=O) groups excluding carboxylic acids is 2. The van der Waals surface area contributed by atoms with E-state index in [2.05, 4.69) is 10.6 Å². The van der Waals surface area contributed by atoms with Gasteiger partial charge in [-0.05, 0) is 12.1 Å². The third-order valence-corrected chi connectivity index (χ3v) is 2.13. The predicted octanol–water partition coefficient (Wildman–Crippen LogP) is 0.391. The highest BCUT2D eigenvalue weighted by atomic mass is 16.5. The summed E-state index contributed by atoms with van der Waals surface area (Å²) in [5.74, 6) is -1.64. The summed E-state index contributed by atoms with van der Waals surface area (Å²) in [5.41, 5.74) is 0.430. The fourth-order valence-corrected chi connectivity index (χ4v) is 1.22. The van der Waals surface area contributed by atoms with Crippen molar-refractivity contribution in [2.75, 3.05) is 19.0 Å². The molecular formula is C13H14N2O5. The van der Waals surface area contributed by atoms with Crippen LogP contribution >= 0.6 is 0 Å². The topological polar surface area (TPSA) is 105 Å². The van der Waals surface area contributed by atoms with Crippen LogP contribution in [-0.2, 0) is 14.4 Å². The number of benzene rings is 1. The normalized spacial score (nSPS) is 10.1. The van der Waals surface area contributed by atoms with E-state index in [-0.39, 0.29) is 12.5 Å². The van der Waals surface area contributed by atoms with Crippen LogP contribution in [0.5, 0.6) is 5.75 Å². The first-order valence-electron chi connectivity index (χ1n) is 5.66. The number of hydrogen-bond acceptors (Lipinski definition) is 4. The molecule has 0 bridgehead atoms. The fourth-order valence-electron chi connectivity index (χ4n) is 1.22. The van der Waals surface area contributed by atoms with Crippen molar-refractivity contribution in [2.45, 2.75) is 0 Å². The summed E-state index contributed by atoms with van der Waals surface area (Å²) in [5, 5.41) is 13.3. The van der Waals surface area contributed by atoms with Crippen molar-refractivity contribution in [1.82, 2.24) is 5.32 Å². The molecule has 0 saturated carbocycles. The highest BCUT2D eigenvalue weighted by molar-refractivity contribution is 6.02. The Hall–Kier alpha value is -2.83. The summed E-state index contributed by atoms with van der Waals surface area (Å²) in [6.07, 6.45) is 1.64. The zero-order valence-electron chi connectivity index (χ0n) is 10.8. The van der Waals surface area contributed by atoms with E-state index in [9.17, 15) is 14.4 Å². The third kappa shape index (κ3) is 5.67. The highest BCUT2D eigenvalue weighted by Crippen LogP contribution is 2.17. The van der Waals surface area contributed by atoms with Crippen molar-refractivity contribution >= 4 is 23.5 Å². The molecule has 3 N–H and O–H groups in total. The van der Waals surface area contributed by atoms with E-state index in [4.69, 9.17) is 9.84 Å². The average molecular weight is 278 g/mol. The molecule has 2 amide bonds. The monoisotopic (exact) mass is 278 g/mol. The van der Waals surface area contributed by atoms with E-state index < -0.39 is 11.9 Å². The molecule has 0 atom stereocenters. The summed E-state index contributed by atoms with van der Waals surface area (Å²) in [6.45, 7) is -0.132. The van der Waals surface area contributed by atoms with Gasteiger partial charge in [0.05, 0.1) is 0 Å². The van der Waals surface area contributed by atoms with E-state index in [1.54, 1.807) is 18.2 Å². The molecule has 0 aliphatic rings. The van der Waals surface area contributed by atoms with Crippen LogP contribution in [0.3, 0.4) is 0 Å². The van der Waals surface area contributed by atoms with Gasteiger partial charge in [-0.3, -0.25) is 9.59 Å². The van der Waals surface area contributed by atoms with Gasteiger partial charge in [0.25, 0.3) is 5.91 Å². The van der Waals surface area contributed by atoms with Crippen LogP contribution in [0.1, 0.15) is 0 Å². The van der Waals surface area contributed by atoms with Crippen molar-refractivity contribution in [3.8, 4) is 5.75 Å². The molecule has 0 unspecified atom stereocenters. The molecule has 7 nitrogen and oxygen atoms in total. The predicted molar refractivity (Wildman–Crippen MR) is 71.4 cm³/mol. The molecule has 0 aliphatic heterocycles. The molecule has 0 radical (unpaired) electrons. The van der Waals surface area contributed by atoms with E-state index >= 15 is 0 Å². The summed E-state index contributed by atoms with van der Waals surface area (Å²) >= 11 is 0. The molecule has 1 aromatic rings. The molecule has 0 aromatic heterocycles. The number of aliphatic carboxylic acids is 1. The SMILES string of the molecule is CNC(=O)COc1cccc(NC(=O)/C=C/C(=O)O)c1. The maximum absolute atomic E-state index is 11.4. The maximum atomic E-state index is 11.4. The van der Waals surface area contributed by atoms with Crippen LogP contribution in [0.4, 0.5) is 5.69 Å². The van der Waals surface area contributed by atoms with Crippen LogP contribution < -0.4 is 15.4 Å². The van der Waals surface area contributed by atoms with Gasteiger partial charge in [0.15, 0.2) is 6.61 Å². The average Bonchev–Trinajstić information content (AvgIpc) is 2.43. The summed E-state index contributed by atoms with van der Waals surface area (Å²) in [6, 6.07) is 6.40. The summed E-state index contributed by atoms with van der Waals surface area (Å²) in [4.78, 5) is 32.7. The Balaban J connectivity index is 2.61. The number of nitrogens with one attached hydrogen (secondary N) is 2. The van der Waals surface area contributed by atoms with Gasteiger partial charge < -0.3 is 20.5 Å². The van der Waals surface area contributed by atoms with Crippen molar-refractivity contribution in [2.24, 2.45) is 0 Å². The molecule has 1 aromatic carbocycles. The van der Waals surface area contributed by atoms with Crippen LogP contribution in [0, 0.1) is 0 Å². The minimum atomic E-state index is -1.21. The Kier molecular flexibility index (Phi) is 5.76. The minimum absolute atomic E-state index is 0.132. The number of carboxylic acids is 1. The third-order valence-electron chi connectivity index (χ3n) is 2.13. The summed E-state index contributed by atoms with van der Waals surface area (Å²) in [7, 11) is 1.50. The first-order chi connectivity index (χ1) is 9.51. The van der Waals surface area contributed by atoms with Gasteiger partial charge in [-0.25, -0.2) is 4.79 Å². The molecule has 1 rings (SSSR count). The van der Waals surface area contributed by atoms with E-state index in [0.29, 0.717) is 11.4 Å². The molecule has 0 fully saturated rings. The lowest BCUT2D eigenvalue weighted by Gasteiger charge is -2.07. The molecule has 0 heterocycles. The number of anilines is 1. The second kappa shape index (κ2) is 7.57. The molecule has 0 spiro atoms. The van der Waals surface area contributed by atoms with Crippen LogP contribution in [-0.4, -0.2) is 36.5 Å². The van der Waals surface area contributed by atoms with Gasteiger partial charge in [0.1, 0.15) is 5.75 Å². The number of amides is 2. The van der Waals surface area contributed by atoms with Gasteiger partial charge >= 0.3 is 5.97 Å². The lowest BCUT2D eigenvalue weighted by molar-refractivity contribution is -0.131. The lowest BCUT2D eigenvalue weighted by Crippen LogP contribution is -2.24. The number of ether oxygens (including phenoxy) is 1. The van der Waals surface area contributed by atoms with Crippen molar-refractivity contribution in [3.05, 3.63) is 36.4 Å². The zero-order valence-corrected chi connectivity index (χ0v) is 10.8. The zero-order chi connectivity index (χ0) is 15.0. The van der Waals surface area contributed by atoms with E-state index in [1.807, 2.05) is 0 Å². The fraction of sp³-hybridized carbons (Fsp3) is 0.154. The second-order valence-corrected chi connectivity index (χ2v) is 3.65. The molecule has 20 heavy (non-hydrogen) atoms. The van der Waals surface area contributed by atoms with Gasteiger partial charge in [-0.15, -0.1) is 0 Å². The molecular weight excluding hydrogens is 264 g/mol. The largest absolute Gasteiger partial charge is 0.484 e. The van der Waals surface area contributed by atoms with Crippen molar-refractivity contribution in [1.29, 1.82) is 0 Å². The number of hydrogen-bond donors (Lipinski definition) is 3. The number of rotatable bonds is 6. The minimum Gasteiger partial charge on any atom is -0.484 e. The van der Waals surface area contributed by atoms with E-state index in [0.717, 1.165) is 12.2 Å². The second-order valence-electron chi connectivity index (χ2n) is 3.65. The molecule has 0 saturated heterocycles. The summed E-state index contributed by atoms with van der Waals surface area (Å²) < 4.78 is 5.20. The quantitative estimate of drug-likeness (QED) is 0.653. The van der Waals surface area contributed by atoms with Crippen LogP contribution in [0.25, 0.3) is 0 Å². The van der Waals surface area contributed by atoms with Gasteiger partial charge in [-0.2, -0.15) is 0 Å². The molecule has 7 heteroatoms. The Labute approximate surface area is 115 Å². The Morgan fingerprint density at radius 3 is 2.70 bits per heavy atom. The number of carboxylic acid groups (broad SMARTS) is 1. The van der Waals surface area contributed by atoms with Crippen molar-refractivity contribution < 1.29 is 24.2 Å². The van der Waals surface area contributed by atoms with Gasteiger partial charge in [-0.1, -0.05) is 6.07 Å². The maximum Gasteiger partial charge on any atom is 0.328 e. The smallest absolute Gasteiger partial charge is 0.328 e. The van der Waals surface area contributed by atoms with Crippen molar-refractivity contribution in [3.63, 3.8) is 0 Å². The number of likely N-dealkylation sites (N-methyl/N-ethyl adjacent to an activating group) is 1. The Morgan fingerprint density at radius 1 is 1.30 bits per heavy atom. The standard InChI is InChI=1S/C13H14N2O5/c1-14-12(17)8-20-10-4-2-3-9(7-10)15-11(16)5-6-13(18)19/h2-7H,8H2,1H3,(H,14,17)(H,15,16)(H,18,19)/b6-5+. The molecule has 0 aliphatic carbocycles. The highest BCUT2D eigenvalue weighted by Gasteiger charge is 2.03. The Bertz CT molecular complexity index is 539. The molecule has 106 valence electrons.